The minimum Gasteiger partial charge on any atom is -0.490 e. The van der Waals surface area contributed by atoms with Gasteiger partial charge in [0.15, 0.2) is 0 Å². The van der Waals surface area contributed by atoms with Crippen molar-refractivity contribution in [2.45, 2.75) is 18.9 Å². The number of para-hydroxylation sites is 2. The highest BCUT2D eigenvalue weighted by Crippen LogP contribution is 2.24. The Morgan fingerprint density at radius 2 is 1.60 bits per heavy atom. The van der Waals surface area contributed by atoms with Crippen LogP contribution in [0.5, 0.6) is 11.5 Å². The van der Waals surface area contributed by atoms with Crippen LogP contribution < -0.4 is 9.47 Å². The third-order valence-corrected chi connectivity index (χ3v) is 6.60. The van der Waals surface area contributed by atoms with E-state index in [1.54, 1.807) is 24.1 Å². The number of carbonyl (C=O) groups is 1. The van der Waals surface area contributed by atoms with Crippen LogP contribution in [0.15, 0.2) is 54.6 Å². The molecule has 0 atom stereocenters. The highest BCUT2D eigenvalue weighted by atomic mass is 32.2. The van der Waals surface area contributed by atoms with Crippen molar-refractivity contribution < 1.29 is 22.7 Å². The van der Waals surface area contributed by atoms with Crippen molar-refractivity contribution in [2.24, 2.45) is 0 Å². The normalized spacial score (nSPS) is 15.2. The van der Waals surface area contributed by atoms with Crippen molar-refractivity contribution in [1.29, 1.82) is 0 Å². The van der Waals surface area contributed by atoms with Gasteiger partial charge < -0.3 is 14.4 Å². The number of hydrogen-bond acceptors (Lipinski definition) is 5. The molecule has 2 aromatic rings. The Hall–Kier alpha value is -2.58. The van der Waals surface area contributed by atoms with Crippen LogP contribution in [0.3, 0.4) is 0 Å². The summed E-state index contributed by atoms with van der Waals surface area (Å²) in [5.74, 6) is 1.19. The minimum absolute atomic E-state index is 0.0781. The maximum atomic E-state index is 13.0. The predicted molar refractivity (Wildman–Crippen MR) is 115 cm³/mol. The fourth-order valence-corrected chi connectivity index (χ4v) is 4.22. The molecule has 2 aromatic carbocycles. The lowest BCUT2D eigenvalue weighted by Gasteiger charge is -2.35. The van der Waals surface area contributed by atoms with E-state index in [1.807, 2.05) is 42.5 Å². The molecule has 1 heterocycles. The molecular formula is C22H28N2O5S. The Morgan fingerprint density at radius 3 is 2.27 bits per heavy atom. The smallest absolute Gasteiger partial charge is 0.257 e. The maximum Gasteiger partial charge on any atom is 0.257 e. The number of benzene rings is 2. The summed E-state index contributed by atoms with van der Waals surface area (Å²) in [5, 5.41) is 0. The van der Waals surface area contributed by atoms with Crippen LogP contribution in [-0.2, 0) is 10.0 Å². The van der Waals surface area contributed by atoms with Crippen molar-refractivity contribution in [3.05, 3.63) is 60.2 Å². The lowest BCUT2D eigenvalue weighted by Crippen LogP contribution is -2.47. The second-order valence-corrected chi connectivity index (χ2v) is 9.35. The molecule has 0 aromatic heterocycles. The Labute approximate surface area is 178 Å². The Kier molecular flexibility index (Phi) is 7.33. The second-order valence-electron chi connectivity index (χ2n) is 7.31. The number of likely N-dealkylation sites (tertiary alicyclic amines) is 1. The van der Waals surface area contributed by atoms with Gasteiger partial charge in [0.2, 0.25) is 10.0 Å². The van der Waals surface area contributed by atoms with Crippen molar-refractivity contribution in [1.82, 2.24) is 9.21 Å². The number of rotatable bonds is 8. The lowest BCUT2D eigenvalue weighted by atomic mass is 10.0. The summed E-state index contributed by atoms with van der Waals surface area (Å²) >= 11 is 0. The van der Waals surface area contributed by atoms with Crippen molar-refractivity contribution in [3.8, 4) is 11.5 Å². The quantitative estimate of drug-likeness (QED) is 0.600. The first-order valence-electron chi connectivity index (χ1n) is 9.98. The van der Waals surface area contributed by atoms with Crippen LogP contribution in [-0.4, -0.2) is 69.2 Å². The van der Waals surface area contributed by atoms with Gasteiger partial charge in [0.05, 0.1) is 11.8 Å². The summed E-state index contributed by atoms with van der Waals surface area (Å²) in [6.45, 7) is 1.71. The fourth-order valence-electron chi connectivity index (χ4n) is 3.47. The molecule has 0 bridgehead atoms. The maximum absolute atomic E-state index is 13.0. The summed E-state index contributed by atoms with van der Waals surface area (Å²) in [6.07, 6.45) is 2.44. The average Bonchev–Trinajstić information content (AvgIpc) is 2.76. The molecule has 3 rings (SSSR count). The standard InChI is InChI=1S/C22H28N2O5S/c1-23(30(2,26)27)18-12-14-24(15-13-18)22(25)20-10-6-7-11-21(20)29-17-16-28-19-8-4-3-5-9-19/h3-11,18H,12-17H2,1-2H3. The van der Waals surface area contributed by atoms with E-state index in [1.165, 1.54) is 10.6 Å². The van der Waals surface area contributed by atoms with Gasteiger partial charge in [-0.1, -0.05) is 30.3 Å². The predicted octanol–water partition coefficient (Wildman–Crippen LogP) is 2.64. The molecule has 0 radical (unpaired) electrons. The van der Waals surface area contributed by atoms with Crippen LogP contribution in [0.1, 0.15) is 23.2 Å². The van der Waals surface area contributed by atoms with Gasteiger partial charge in [-0.2, -0.15) is 0 Å². The van der Waals surface area contributed by atoms with Gasteiger partial charge in [-0.15, -0.1) is 0 Å². The summed E-state index contributed by atoms with van der Waals surface area (Å²) < 4.78 is 36.3. The van der Waals surface area contributed by atoms with Gasteiger partial charge in [-0.3, -0.25) is 4.79 Å². The summed E-state index contributed by atoms with van der Waals surface area (Å²) in [6, 6.07) is 16.6. The molecule has 162 valence electrons. The van der Waals surface area contributed by atoms with Gasteiger partial charge in [0.1, 0.15) is 24.7 Å². The number of nitrogens with zero attached hydrogens (tertiary/aromatic N) is 2. The van der Waals surface area contributed by atoms with Crippen molar-refractivity contribution >= 4 is 15.9 Å². The van der Waals surface area contributed by atoms with E-state index in [0.717, 1.165) is 5.75 Å². The second kappa shape index (κ2) is 9.95. The molecule has 0 aliphatic carbocycles. The molecule has 1 amide bonds. The van der Waals surface area contributed by atoms with Crippen LogP contribution in [0, 0.1) is 0 Å². The number of hydrogen-bond donors (Lipinski definition) is 0. The van der Waals surface area contributed by atoms with Crippen molar-refractivity contribution in [2.75, 3.05) is 39.6 Å². The van der Waals surface area contributed by atoms with Gasteiger partial charge in [-0.05, 0) is 37.1 Å². The van der Waals surface area contributed by atoms with E-state index in [4.69, 9.17) is 9.47 Å². The first-order chi connectivity index (χ1) is 14.4. The highest BCUT2D eigenvalue weighted by molar-refractivity contribution is 7.88. The van der Waals surface area contributed by atoms with E-state index in [-0.39, 0.29) is 11.9 Å². The summed E-state index contributed by atoms with van der Waals surface area (Å²) in [5.41, 5.74) is 0.507. The molecular weight excluding hydrogens is 404 g/mol. The minimum atomic E-state index is -3.23. The first-order valence-corrected chi connectivity index (χ1v) is 11.8. The Bertz CT molecular complexity index is 941. The topological polar surface area (TPSA) is 76.2 Å². The average molecular weight is 433 g/mol. The van der Waals surface area contributed by atoms with E-state index in [9.17, 15) is 13.2 Å². The molecule has 1 fully saturated rings. The zero-order valence-electron chi connectivity index (χ0n) is 17.4. The molecule has 0 unspecified atom stereocenters. The van der Waals surface area contributed by atoms with Gasteiger partial charge >= 0.3 is 0 Å². The van der Waals surface area contributed by atoms with Crippen LogP contribution in [0.2, 0.25) is 0 Å². The molecule has 0 saturated carbocycles. The van der Waals surface area contributed by atoms with E-state index >= 15 is 0 Å². The highest BCUT2D eigenvalue weighted by Gasteiger charge is 2.30. The largest absolute Gasteiger partial charge is 0.490 e. The number of piperidine rings is 1. The van der Waals surface area contributed by atoms with Gasteiger partial charge in [0.25, 0.3) is 5.91 Å². The van der Waals surface area contributed by atoms with E-state index in [2.05, 4.69) is 0 Å². The van der Waals surface area contributed by atoms with Crippen LogP contribution >= 0.6 is 0 Å². The third-order valence-electron chi connectivity index (χ3n) is 5.26. The van der Waals surface area contributed by atoms with Crippen LogP contribution in [0.25, 0.3) is 0 Å². The molecule has 0 N–H and O–H groups in total. The number of ether oxygens (including phenoxy) is 2. The SMILES string of the molecule is CN(C1CCN(C(=O)c2ccccc2OCCOc2ccccc2)CC1)S(C)(=O)=O. The lowest BCUT2D eigenvalue weighted by molar-refractivity contribution is 0.0681. The zero-order valence-corrected chi connectivity index (χ0v) is 18.2. The monoisotopic (exact) mass is 432 g/mol. The van der Waals surface area contributed by atoms with Crippen LogP contribution in [0.4, 0.5) is 0 Å². The Morgan fingerprint density at radius 1 is 1.00 bits per heavy atom. The first kappa shape index (κ1) is 22.1. The molecule has 7 nitrogen and oxygen atoms in total. The molecule has 1 aliphatic rings. The third kappa shape index (κ3) is 5.73. The zero-order chi connectivity index (χ0) is 21.6. The number of carbonyl (C=O) groups excluding carboxylic acids is 1. The Balaban J connectivity index is 1.55. The fraction of sp³-hybridized carbons (Fsp3) is 0.409. The van der Waals surface area contributed by atoms with E-state index < -0.39 is 10.0 Å². The summed E-state index contributed by atoms with van der Waals surface area (Å²) in [4.78, 5) is 14.8. The van der Waals surface area contributed by atoms with Crippen molar-refractivity contribution in [3.63, 3.8) is 0 Å². The molecule has 0 spiro atoms. The van der Waals surface area contributed by atoms with E-state index in [0.29, 0.717) is 50.5 Å². The molecule has 1 saturated heterocycles. The van der Waals surface area contributed by atoms with Gasteiger partial charge in [-0.25, -0.2) is 12.7 Å². The number of sulfonamides is 1. The summed E-state index contributed by atoms with van der Waals surface area (Å²) in [7, 11) is -1.64. The van der Waals surface area contributed by atoms with Gasteiger partial charge in [0, 0.05) is 26.2 Å². The molecule has 30 heavy (non-hydrogen) atoms. The number of amides is 1. The molecule has 8 heteroatoms. The molecule has 1 aliphatic heterocycles.